The van der Waals surface area contributed by atoms with Gasteiger partial charge < -0.3 is 31.4 Å². The molecule has 20 heteroatoms. The number of hydrogen-bond acceptors (Lipinski definition) is 13. The van der Waals surface area contributed by atoms with Crippen LogP contribution in [-0.2, 0) is 37.1 Å². The predicted octanol–water partition coefficient (Wildman–Crippen LogP) is -0.737. The number of β-lactam (4-membered cyclic amide) rings is 1. The van der Waals surface area contributed by atoms with Crippen LogP contribution < -0.4 is 20.9 Å². The van der Waals surface area contributed by atoms with Crippen LogP contribution >= 0.6 is 34.7 Å². The molecule has 17 nitrogen and oxygen atoms in total. The molecular formula is C24H26ClN10O7S2+. The second-order valence-electron chi connectivity index (χ2n) is 9.58. The third kappa shape index (κ3) is 5.90. The van der Waals surface area contributed by atoms with Crippen LogP contribution in [0, 0.1) is 0 Å². The largest absolute Gasteiger partial charge is 0.478 e. The Morgan fingerprint density at radius 3 is 2.80 bits per heavy atom. The molecular weight excluding hydrogens is 640 g/mol. The van der Waals surface area contributed by atoms with Crippen LogP contribution in [0.5, 0.6) is 0 Å². The Morgan fingerprint density at radius 2 is 2.14 bits per heavy atom. The zero-order valence-electron chi connectivity index (χ0n) is 23.1. The smallest absolute Gasteiger partial charge is 0.378 e. The summed E-state index contributed by atoms with van der Waals surface area (Å²) in [6, 6.07) is 2.55. The van der Waals surface area contributed by atoms with Crippen molar-refractivity contribution in [2.75, 3.05) is 25.1 Å². The number of likely N-dealkylation sites (N-methyl/N-ethyl adjacent to an activating group) is 1. The minimum absolute atomic E-state index is 0.00750. The first kappa shape index (κ1) is 31.1. The number of aromatic nitrogens is 5. The molecule has 1 fully saturated rings. The van der Waals surface area contributed by atoms with E-state index < -0.39 is 47.0 Å². The van der Waals surface area contributed by atoms with E-state index in [9.17, 15) is 24.3 Å². The molecule has 1 saturated heterocycles. The molecule has 6 N–H and O–H groups in total. The lowest BCUT2D eigenvalue weighted by atomic mass is 10.0. The molecule has 3 aromatic rings. The summed E-state index contributed by atoms with van der Waals surface area (Å²) in [5, 5.41) is 36.2. The molecule has 2 unspecified atom stereocenters. The molecule has 5 rings (SSSR count). The Kier molecular flexibility index (Phi) is 9.00. The first-order valence-corrected chi connectivity index (χ1v) is 15.2. The van der Waals surface area contributed by atoms with E-state index in [1.54, 1.807) is 15.4 Å². The number of pyridine rings is 1. The first-order valence-electron chi connectivity index (χ1n) is 13.0. The number of rotatable bonds is 12. The van der Waals surface area contributed by atoms with Gasteiger partial charge in [-0.2, -0.15) is 0 Å². The zero-order chi connectivity index (χ0) is 31.7. The fraction of sp³-hybridized carbons (Fsp3) is 0.375. The summed E-state index contributed by atoms with van der Waals surface area (Å²) < 4.78 is 3.50. The third-order valence-corrected chi connectivity index (χ3v) is 9.13. The number of aliphatic carboxylic acids is 2. The zero-order valence-corrected chi connectivity index (χ0v) is 25.5. The number of amides is 2. The first-order chi connectivity index (χ1) is 21.0. The van der Waals surface area contributed by atoms with Gasteiger partial charge in [0.2, 0.25) is 6.10 Å². The van der Waals surface area contributed by atoms with Gasteiger partial charge in [0.1, 0.15) is 38.8 Å². The van der Waals surface area contributed by atoms with Crippen molar-refractivity contribution >= 4 is 80.5 Å². The summed E-state index contributed by atoms with van der Waals surface area (Å²) in [6.07, 6.45) is 0.347. The second-order valence-corrected chi connectivity index (χ2v) is 12.3. The number of hydrogen-bond donors (Lipinski definition) is 5. The highest BCUT2D eigenvalue weighted by atomic mass is 35.5. The van der Waals surface area contributed by atoms with Crippen LogP contribution in [0.1, 0.15) is 12.6 Å². The normalized spacial score (nSPS) is 19.0. The molecule has 0 spiro atoms. The van der Waals surface area contributed by atoms with Crippen LogP contribution in [-0.4, -0.2) is 101 Å². The van der Waals surface area contributed by atoms with Crippen molar-refractivity contribution in [2.24, 2.45) is 5.16 Å². The van der Waals surface area contributed by atoms with E-state index >= 15 is 0 Å². The highest BCUT2D eigenvalue weighted by Crippen LogP contribution is 2.40. The predicted molar refractivity (Wildman–Crippen MR) is 158 cm³/mol. The van der Waals surface area contributed by atoms with Gasteiger partial charge in [-0.15, -0.1) is 11.8 Å². The number of anilines is 1. The average Bonchev–Trinajstić information content (AvgIpc) is 3.56. The number of oxime groups is 1. The van der Waals surface area contributed by atoms with E-state index in [2.05, 4.69) is 31.1 Å². The van der Waals surface area contributed by atoms with Crippen molar-refractivity contribution in [3.63, 3.8) is 0 Å². The molecule has 0 aliphatic carbocycles. The van der Waals surface area contributed by atoms with Gasteiger partial charge in [-0.1, -0.05) is 28.1 Å². The van der Waals surface area contributed by atoms with E-state index in [1.165, 1.54) is 18.7 Å². The monoisotopic (exact) mass is 665 g/mol. The van der Waals surface area contributed by atoms with Crippen LogP contribution in [0.4, 0.5) is 5.13 Å². The van der Waals surface area contributed by atoms with Gasteiger partial charge >= 0.3 is 17.6 Å². The van der Waals surface area contributed by atoms with Crippen LogP contribution in [0.2, 0.25) is 4.34 Å². The Morgan fingerprint density at radius 1 is 1.36 bits per heavy atom. The molecule has 44 heavy (non-hydrogen) atoms. The lowest BCUT2D eigenvalue weighted by Crippen LogP contribution is -2.71. The summed E-state index contributed by atoms with van der Waals surface area (Å²) >= 11 is 8.29. The summed E-state index contributed by atoms with van der Waals surface area (Å²) in [6.45, 7) is 2.61. The molecule has 2 aliphatic heterocycles. The van der Waals surface area contributed by atoms with Crippen molar-refractivity contribution in [3.8, 4) is 0 Å². The van der Waals surface area contributed by atoms with E-state index in [1.807, 2.05) is 19.2 Å². The van der Waals surface area contributed by atoms with E-state index in [-0.39, 0.29) is 33.2 Å². The minimum atomic E-state index is -1.41. The summed E-state index contributed by atoms with van der Waals surface area (Å²) in [7, 11) is 1.83. The molecule has 3 atom stereocenters. The van der Waals surface area contributed by atoms with Gasteiger partial charge in [0.15, 0.2) is 16.4 Å². The Balaban J connectivity index is 1.38. The number of carboxylic acids is 2. The fourth-order valence-corrected chi connectivity index (χ4v) is 6.81. The molecule has 0 aromatic carbocycles. The Bertz CT molecular complexity index is 1720. The van der Waals surface area contributed by atoms with Gasteiger partial charge in [0.05, 0.1) is 18.0 Å². The topological polar surface area (TPSA) is 231 Å². The van der Waals surface area contributed by atoms with Crippen molar-refractivity contribution in [1.82, 2.24) is 35.5 Å². The molecule has 232 valence electrons. The highest BCUT2D eigenvalue weighted by Gasteiger charge is 2.54. The quantitative estimate of drug-likeness (QED) is 0.0695. The third-order valence-electron chi connectivity index (χ3n) is 6.71. The number of carbonyl (C=O) groups excluding carboxylic acids is 2. The number of thioether (sulfide) groups is 1. The van der Waals surface area contributed by atoms with E-state index in [4.69, 9.17) is 27.3 Å². The van der Waals surface area contributed by atoms with Gasteiger partial charge in [-0.3, -0.25) is 14.5 Å². The van der Waals surface area contributed by atoms with Crippen molar-refractivity contribution in [3.05, 3.63) is 39.6 Å². The summed E-state index contributed by atoms with van der Waals surface area (Å²) in [5.41, 5.74) is 6.66. The molecule has 0 bridgehead atoms. The van der Waals surface area contributed by atoms with Crippen molar-refractivity contribution in [2.45, 2.75) is 37.5 Å². The second kappa shape index (κ2) is 12.7. The molecule has 0 saturated carbocycles. The van der Waals surface area contributed by atoms with Gasteiger partial charge in [0, 0.05) is 17.9 Å². The number of halogens is 1. The maximum atomic E-state index is 13.3. The molecule has 2 amide bonds. The average molecular weight is 666 g/mol. The number of nitrogens with one attached hydrogen (secondary N) is 2. The number of nitrogen functional groups attached to an aromatic ring is 1. The fourth-order valence-electron chi connectivity index (χ4n) is 4.55. The molecule has 3 aromatic heterocycles. The Labute approximate surface area is 261 Å². The van der Waals surface area contributed by atoms with Gasteiger partial charge in [0.25, 0.3) is 11.8 Å². The highest BCUT2D eigenvalue weighted by molar-refractivity contribution is 8.00. The Hall–Kier alpha value is -4.33. The molecule has 2 aliphatic rings. The summed E-state index contributed by atoms with van der Waals surface area (Å²) in [5.74, 6) is -3.98. The van der Waals surface area contributed by atoms with Gasteiger partial charge in [-0.05, 0) is 26.1 Å². The minimum Gasteiger partial charge on any atom is -0.478 e. The lowest BCUT2D eigenvalue weighted by Gasteiger charge is -2.49. The number of nitrogens with zero attached hydrogens (tertiary/aromatic N) is 7. The van der Waals surface area contributed by atoms with Crippen LogP contribution in [0.15, 0.2) is 34.8 Å². The van der Waals surface area contributed by atoms with Crippen LogP contribution in [0.25, 0.3) is 11.2 Å². The molecule has 0 radical (unpaired) electrons. The molecule has 5 heterocycles. The maximum Gasteiger partial charge on any atom is 0.378 e. The standard InChI is InChI=1S/C24H25ClN10O7S2/c1-10(22(38)39)42-31-14(13-17(25)44-24(26)29-13)19(36)28-15-20(37)35-16(23(40)41)11(9-43-21(15)35)8-33-6-3-4-12-18(33)30-32-34(12)7-5-27-2/h3-4,6,10,15,21,27H,5,7-9H2,1-2H3,(H4-,26,28,29,36,38,39,40,41)/p+1/b31-14-/t10-,15?,21?/m0/s1. The van der Waals surface area contributed by atoms with E-state index in [0.29, 0.717) is 24.3 Å². The van der Waals surface area contributed by atoms with Crippen molar-refractivity contribution in [1.29, 1.82) is 0 Å². The number of carbonyl (C=O) groups is 4. The van der Waals surface area contributed by atoms with Crippen molar-refractivity contribution < 1.29 is 38.8 Å². The van der Waals surface area contributed by atoms with Gasteiger partial charge in [-0.25, -0.2) is 23.8 Å². The maximum absolute atomic E-state index is 13.3. The number of nitrogens with two attached hydrogens (primary N) is 1. The number of thiazole rings is 1. The van der Waals surface area contributed by atoms with Crippen LogP contribution in [0.3, 0.4) is 0 Å². The SMILES string of the molecule is CNCCn1nnc2c1ccc[n+]2CC1=C(C(=O)O)N2C(=O)C(NC(=O)/C(=N\O[C@@H](C)C(=O)O)c3nc(N)sc3Cl)C2SC1. The number of fused-ring (bicyclic) bond motifs is 2. The summed E-state index contributed by atoms with van der Waals surface area (Å²) in [4.78, 5) is 60.2. The number of carboxylic acid groups (broad SMARTS) is 2. The van der Waals surface area contributed by atoms with E-state index in [0.717, 1.165) is 21.8 Å². The lowest BCUT2D eigenvalue weighted by molar-refractivity contribution is -0.665.